The lowest BCUT2D eigenvalue weighted by Crippen LogP contribution is -2.15. The van der Waals surface area contributed by atoms with Crippen LogP contribution in [0.3, 0.4) is 0 Å². The Bertz CT molecular complexity index is 1040. The topological polar surface area (TPSA) is 42.0 Å². The molecule has 0 saturated heterocycles. The summed E-state index contributed by atoms with van der Waals surface area (Å²) < 4.78 is 2.25. The molecule has 4 aromatic rings. The molecule has 4 rings (SSSR count). The molecule has 0 bridgehead atoms. The number of carbonyl (C=O) groups is 1. The van der Waals surface area contributed by atoms with E-state index in [2.05, 4.69) is 40.0 Å². The van der Waals surface area contributed by atoms with Gasteiger partial charge in [-0.1, -0.05) is 42.5 Å². The minimum absolute atomic E-state index is 0.0280. The summed E-state index contributed by atoms with van der Waals surface area (Å²) in [5.74, 6) is -0.0280. The fourth-order valence-electron chi connectivity index (χ4n) is 2.77. The molecule has 1 N–H and O–H groups in total. The number of aromatic nitrogens is 1. The van der Waals surface area contributed by atoms with Gasteiger partial charge in [0.2, 0.25) is 5.91 Å². The van der Waals surface area contributed by atoms with E-state index >= 15 is 0 Å². The average molecular weight is 470 g/mol. The molecule has 0 spiro atoms. The molecule has 26 heavy (non-hydrogen) atoms. The van der Waals surface area contributed by atoms with Crippen molar-refractivity contribution in [3.63, 3.8) is 0 Å². The van der Waals surface area contributed by atoms with E-state index < -0.39 is 0 Å². The van der Waals surface area contributed by atoms with Gasteiger partial charge in [0.15, 0.2) is 0 Å². The van der Waals surface area contributed by atoms with Gasteiger partial charge in [-0.2, -0.15) is 0 Å². The van der Waals surface area contributed by atoms with E-state index in [-0.39, 0.29) is 5.91 Å². The van der Waals surface area contributed by atoms with Gasteiger partial charge in [-0.05, 0) is 58.5 Å². The molecule has 1 heterocycles. The fraction of sp³-hybridized carbons (Fsp3) is 0.0476. The normalized spacial score (nSPS) is 10.8. The van der Waals surface area contributed by atoms with Gasteiger partial charge in [0.05, 0.1) is 22.3 Å². The highest BCUT2D eigenvalue weighted by molar-refractivity contribution is 14.1. The van der Waals surface area contributed by atoms with E-state index in [1.54, 1.807) is 11.3 Å². The van der Waals surface area contributed by atoms with E-state index in [4.69, 9.17) is 4.98 Å². The highest BCUT2D eigenvalue weighted by Crippen LogP contribution is 2.35. The van der Waals surface area contributed by atoms with Gasteiger partial charge in [-0.15, -0.1) is 11.3 Å². The smallest absolute Gasteiger partial charge is 0.228 e. The summed E-state index contributed by atoms with van der Waals surface area (Å²) in [6, 6.07) is 23.9. The quantitative estimate of drug-likeness (QED) is 0.386. The lowest BCUT2D eigenvalue weighted by molar-refractivity contribution is -0.115. The Morgan fingerprint density at radius 1 is 1.00 bits per heavy atom. The Balaban J connectivity index is 1.65. The molecule has 0 saturated carbocycles. The van der Waals surface area contributed by atoms with E-state index in [0.717, 1.165) is 35.6 Å². The van der Waals surface area contributed by atoms with Gasteiger partial charge in [0.25, 0.3) is 0 Å². The van der Waals surface area contributed by atoms with Crippen molar-refractivity contribution < 1.29 is 4.79 Å². The molecule has 0 fully saturated rings. The van der Waals surface area contributed by atoms with Crippen LogP contribution < -0.4 is 5.32 Å². The van der Waals surface area contributed by atoms with Crippen LogP contribution in [0.15, 0.2) is 72.8 Å². The van der Waals surface area contributed by atoms with Crippen molar-refractivity contribution in [2.45, 2.75) is 6.42 Å². The molecule has 0 atom stereocenters. The maximum absolute atomic E-state index is 12.5. The van der Waals surface area contributed by atoms with Gasteiger partial charge in [-0.3, -0.25) is 4.79 Å². The Kier molecular flexibility index (Phi) is 4.99. The Morgan fingerprint density at radius 2 is 1.77 bits per heavy atom. The number of nitrogens with one attached hydrogen (secondary N) is 1. The average Bonchev–Trinajstić information content (AvgIpc) is 3.08. The van der Waals surface area contributed by atoms with E-state index in [0.29, 0.717) is 6.42 Å². The number of anilines is 1. The molecular weight excluding hydrogens is 455 g/mol. The number of benzene rings is 3. The molecule has 0 aliphatic rings. The summed E-state index contributed by atoms with van der Waals surface area (Å²) in [7, 11) is 0. The third-order valence-corrected chi connectivity index (χ3v) is 5.73. The highest BCUT2D eigenvalue weighted by Gasteiger charge is 2.13. The predicted molar refractivity (Wildman–Crippen MR) is 117 cm³/mol. The molecule has 0 radical (unpaired) electrons. The summed E-state index contributed by atoms with van der Waals surface area (Å²) >= 11 is 3.92. The molecule has 1 amide bonds. The van der Waals surface area contributed by atoms with Gasteiger partial charge in [0, 0.05) is 9.13 Å². The van der Waals surface area contributed by atoms with Crippen molar-refractivity contribution in [1.29, 1.82) is 0 Å². The second kappa shape index (κ2) is 7.55. The first-order valence-electron chi connectivity index (χ1n) is 8.18. The number of nitrogens with zero attached hydrogens (tertiary/aromatic N) is 1. The third kappa shape index (κ3) is 3.78. The second-order valence-corrected chi connectivity index (χ2v) is 8.16. The molecule has 5 heteroatoms. The van der Waals surface area contributed by atoms with Crippen molar-refractivity contribution in [2.75, 3.05) is 5.32 Å². The first kappa shape index (κ1) is 17.2. The number of thiazole rings is 1. The van der Waals surface area contributed by atoms with Crippen LogP contribution in [0.1, 0.15) is 5.56 Å². The summed E-state index contributed by atoms with van der Waals surface area (Å²) in [5.41, 5.74) is 3.73. The molecule has 3 nitrogen and oxygen atoms in total. The minimum atomic E-state index is -0.0280. The zero-order valence-electron chi connectivity index (χ0n) is 13.8. The lowest BCUT2D eigenvalue weighted by Gasteiger charge is -2.10. The molecule has 1 aromatic heterocycles. The highest BCUT2D eigenvalue weighted by atomic mass is 127. The van der Waals surface area contributed by atoms with E-state index in [9.17, 15) is 4.79 Å². The van der Waals surface area contributed by atoms with E-state index in [1.807, 2.05) is 60.7 Å². The number of para-hydroxylation sites is 1. The van der Waals surface area contributed by atoms with Crippen molar-refractivity contribution in [2.24, 2.45) is 0 Å². The Labute approximate surface area is 169 Å². The lowest BCUT2D eigenvalue weighted by atomic mass is 10.1. The number of rotatable bonds is 4. The SMILES string of the molecule is O=C(Cc1ccccc1)Nc1ccc(I)cc1-c1nc2ccccc2s1. The van der Waals surface area contributed by atoms with Crippen LogP contribution in [0.25, 0.3) is 20.8 Å². The Hall–Kier alpha value is -2.25. The zero-order valence-corrected chi connectivity index (χ0v) is 16.8. The second-order valence-electron chi connectivity index (χ2n) is 5.89. The van der Waals surface area contributed by atoms with Crippen LogP contribution in [0.4, 0.5) is 5.69 Å². The van der Waals surface area contributed by atoms with Crippen LogP contribution in [0, 0.1) is 3.57 Å². The van der Waals surface area contributed by atoms with Crippen molar-refractivity contribution in [1.82, 2.24) is 4.98 Å². The summed E-state index contributed by atoms with van der Waals surface area (Å²) in [5, 5.41) is 3.97. The largest absolute Gasteiger partial charge is 0.325 e. The molecule has 0 aliphatic carbocycles. The monoisotopic (exact) mass is 470 g/mol. The standard InChI is InChI=1S/C21H15IN2OS/c22-15-10-11-17(23-20(25)12-14-6-2-1-3-7-14)16(13-15)21-24-18-8-4-5-9-19(18)26-21/h1-11,13H,12H2,(H,23,25). The number of halogens is 1. The molecule has 128 valence electrons. The van der Waals surface area contributed by atoms with Crippen molar-refractivity contribution in [3.05, 3.63) is 81.9 Å². The summed E-state index contributed by atoms with van der Waals surface area (Å²) in [6.45, 7) is 0. The van der Waals surface area contributed by atoms with Gasteiger partial charge >= 0.3 is 0 Å². The molecule has 3 aromatic carbocycles. The Morgan fingerprint density at radius 3 is 2.58 bits per heavy atom. The van der Waals surface area contributed by atoms with Crippen molar-refractivity contribution >= 4 is 55.7 Å². The first-order valence-corrected chi connectivity index (χ1v) is 10.1. The minimum Gasteiger partial charge on any atom is -0.325 e. The van der Waals surface area contributed by atoms with E-state index in [1.165, 1.54) is 0 Å². The number of hydrogen-bond acceptors (Lipinski definition) is 3. The molecule has 0 unspecified atom stereocenters. The van der Waals surface area contributed by atoms with Crippen LogP contribution >= 0.6 is 33.9 Å². The number of carbonyl (C=O) groups excluding carboxylic acids is 1. The van der Waals surface area contributed by atoms with Crippen LogP contribution in [-0.4, -0.2) is 10.9 Å². The van der Waals surface area contributed by atoms with Gasteiger partial charge < -0.3 is 5.32 Å². The fourth-order valence-corrected chi connectivity index (χ4v) is 4.25. The zero-order chi connectivity index (χ0) is 17.9. The third-order valence-electron chi connectivity index (χ3n) is 3.99. The van der Waals surface area contributed by atoms with Gasteiger partial charge in [-0.25, -0.2) is 4.98 Å². The summed E-state index contributed by atoms with van der Waals surface area (Å²) in [4.78, 5) is 17.2. The predicted octanol–water partition coefficient (Wildman–Crippen LogP) is 5.75. The maximum atomic E-state index is 12.5. The number of amides is 1. The van der Waals surface area contributed by atoms with Crippen molar-refractivity contribution in [3.8, 4) is 10.6 Å². The number of fused-ring (bicyclic) bond motifs is 1. The maximum Gasteiger partial charge on any atom is 0.228 e. The summed E-state index contributed by atoms with van der Waals surface area (Å²) in [6.07, 6.45) is 0.353. The van der Waals surface area contributed by atoms with Crippen LogP contribution in [0.2, 0.25) is 0 Å². The number of hydrogen-bond donors (Lipinski definition) is 1. The van der Waals surface area contributed by atoms with Crippen LogP contribution in [0.5, 0.6) is 0 Å². The molecule has 0 aliphatic heterocycles. The first-order chi connectivity index (χ1) is 12.7. The molecular formula is C21H15IN2OS. The van der Waals surface area contributed by atoms with Gasteiger partial charge in [0.1, 0.15) is 5.01 Å². The van der Waals surface area contributed by atoms with Crippen LogP contribution in [-0.2, 0) is 11.2 Å².